The average molecular weight is 844 g/mol. The molecule has 1 aromatic rings. The number of nitrogens with one attached hydrogen (secondary N) is 3. The van der Waals surface area contributed by atoms with Crippen molar-refractivity contribution in [2.45, 2.75) is 130 Å². The van der Waals surface area contributed by atoms with Gasteiger partial charge in [-0.3, -0.25) is 19.2 Å². The predicted octanol–water partition coefficient (Wildman–Crippen LogP) is 3.92. The summed E-state index contributed by atoms with van der Waals surface area (Å²) in [6.07, 6.45) is -0.277. The number of carbonyl (C=O) groups is 5. The Hall–Kier alpha value is -3.79. The van der Waals surface area contributed by atoms with Crippen LogP contribution < -0.4 is 16.0 Å². The molecule has 2 saturated heterocycles. The van der Waals surface area contributed by atoms with E-state index in [9.17, 15) is 24.0 Å². The zero-order valence-corrected chi connectivity index (χ0v) is 38.7. The summed E-state index contributed by atoms with van der Waals surface area (Å²) in [4.78, 5) is 76.5. The fraction of sp³-hybridized carbons (Fsp3) is 0.756. The molecule has 2 fully saturated rings. The first-order valence-electron chi connectivity index (χ1n) is 22.0. The number of ether oxygens (including phenoxy) is 3. The molecule has 2 aliphatic heterocycles. The van der Waals surface area contributed by atoms with Gasteiger partial charge in [-0.15, -0.1) is 0 Å². The van der Waals surface area contributed by atoms with Crippen LogP contribution in [0.15, 0.2) is 30.3 Å². The van der Waals surface area contributed by atoms with E-state index < -0.39 is 54.5 Å². The Morgan fingerprint density at radius 2 is 1.45 bits per heavy atom. The molecule has 15 heteroatoms. The lowest BCUT2D eigenvalue weighted by atomic mass is 9.89. The number of methoxy groups -OCH3 is 2. The zero-order valence-electron chi connectivity index (χ0n) is 38.7. The van der Waals surface area contributed by atoms with Gasteiger partial charge in [0.2, 0.25) is 23.6 Å². The lowest BCUT2D eigenvalue weighted by Gasteiger charge is -2.41. The molecule has 15 nitrogen and oxygen atoms in total. The summed E-state index contributed by atoms with van der Waals surface area (Å²) in [5, 5.41) is 9.16. The summed E-state index contributed by atoms with van der Waals surface area (Å²) < 4.78 is 18.2. The van der Waals surface area contributed by atoms with Crippen molar-refractivity contribution in [1.29, 1.82) is 0 Å². The standard InChI is InChI=1S/C45H77N7O8/c1-14-30(6)39(50(11)44(56)38(29(4)5)48-43(55)37(46-9)28(2)3)35(58-12)27-36(53)52-22-18-21-34(52)40(59-13)31(7)42(54)47-32(8)41(33-19-16-15-17-20-33)60-45(57)51-25-23-49(10)24-26-51/h15-17,19-20,28-32,34-35,37-41,46H,14,18,21-27H2,1-13H3,(H,47,54)(H,48,55)/t30-,31+,32+,34-,35+,37-,38-,39-,40+,41+/m0/s1. The number of amides is 5. The molecule has 0 radical (unpaired) electrons. The van der Waals surface area contributed by atoms with E-state index in [4.69, 9.17) is 14.2 Å². The highest BCUT2D eigenvalue weighted by molar-refractivity contribution is 5.90. The van der Waals surface area contributed by atoms with Gasteiger partial charge in [-0.25, -0.2) is 4.79 Å². The predicted molar refractivity (Wildman–Crippen MR) is 233 cm³/mol. The molecule has 0 spiro atoms. The number of hydrogen-bond donors (Lipinski definition) is 3. The molecule has 0 aromatic heterocycles. The molecule has 2 heterocycles. The van der Waals surface area contributed by atoms with Crippen molar-refractivity contribution in [3.8, 4) is 0 Å². The van der Waals surface area contributed by atoms with E-state index in [0.29, 0.717) is 26.1 Å². The van der Waals surface area contributed by atoms with Crippen LogP contribution in [0.2, 0.25) is 0 Å². The zero-order chi connectivity index (χ0) is 44.8. The van der Waals surface area contributed by atoms with Crippen LogP contribution in [0.25, 0.3) is 0 Å². The van der Waals surface area contributed by atoms with E-state index in [1.54, 1.807) is 49.9 Å². The Balaban J connectivity index is 1.77. The summed E-state index contributed by atoms with van der Waals surface area (Å²) >= 11 is 0. The first kappa shape index (κ1) is 50.6. The quantitative estimate of drug-likeness (QED) is 0.166. The summed E-state index contributed by atoms with van der Waals surface area (Å²) in [6.45, 7) is 18.6. The van der Waals surface area contributed by atoms with Crippen LogP contribution >= 0.6 is 0 Å². The smallest absolute Gasteiger partial charge is 0.410 e. The third kappa shape index (κ3) is 13.1. The normalized spacial score (nSPS) is 20.7. The first-order chi connectivity index (χ1) is 28.4. The van der Waals surface area contributed by atoms with Gasteiger partial charge in [-0.05, 0) is 57.2 Å². The Kier molecular flexibility index (Phi) is 20.2. The molecule has 0 aliphatic carbocycles. The summed E-state index contributed by atoms with van der Waals surface area (Å²) in [7, 11) is 8.60. The van der Waals surface area contributed by atoms with Gasteiger partial charge in [0.25, 0.3) is 0 Å². The molecular formula is C45H77N7O8. The highest BCUT2D eigenvalue weighted by atomic mass is 16.6. The van der Waals surface area contributed by atoms with Gasteiger partial charge < -0.3 is 49.8 Å². The SMILES string of the molecule is CC[C@H](C)[C@@H]([C@@H](CC(=O)N1CCC[C@H]1[C@H](OC)[C@@H](C)C(=O)N[C@H](C)[C@@H](OC(=O)N1CCN(C)CC1)c1ccccc1)OC)N(C)C(=O)[C@@H](NC(=O)[C@@H](NC)C(C)C)C(C)C. The molecule has 5 amide bonds. The summed E-state index contributed by atoms with van der Waals surface area (Å²) in [5.41, 5.74) is 0.769. The second-order valence-electron chi connectivity index (χ2n) is 17.6. The van der Waals surface area contributed by atoms with Crippen LogP contribution in [-0.4, -0.2) is 160 Å². The molecular weight excluding hydrogens is 767 g/mol. The van der Waals surface area contributed by atoms with Crippen molar-refractivity contribution < 1.29 is 38.2 Å². The van der Waals surface area contributed by atoms with E-state index in [0.717, 1.165) is 31.5 Å². The average Bonchev–Trinajstić information content (AvgIpc) is 3.71. The molecule has 0 unspecified atom stereocenters. The van der Waals surface area contributed by atoms with E-state index in [2.05, 4.69) is 20.9 Å². The van der Waals surface area contributed by atoms with E-state index >= 15 is 0 Å². The number of likely N-dealkylation sites (tertiary alicyclic amines) is 1. The van der Waals surface area contributed by atoms with Gasteiger partial charge in [-0.2, -0.15) is 0 Å². The largest absolute Gasteiger partial charge is 0.439 e. The van der Waals surface area contributed by atoms with Gasteiger partial charge in [0, 0.05) is 54.0 Å². The van der Waals surface area contributed by atoms with Gasteiger partial charge in [0.15, 0.2) is 0 Å². The van der Waals surface area contributed by atoms with Gasteiger partial charge in [0.05, 0.1) is 48.7 Å². The number of piperazine rings is 1. The Morgan fingerprint density at radius 1 is 0.833 bits per heavy atom. The highest BCUT2D eigenvalue weighted by Crippen LogP contribution is 2.30. The third-order valence-corrected chi connectivity index (χ3v) is 12.7. The molecule has 3 rings (SSSR count). The third-order valence-electron chi connectivity index (χ3n) is 12.7. The van der Waals surface area contributed by atoms with Crippen molar-refractivity contribution in [3.05, 3.63) is 35.9 Å². The number of likely N-dealkylation sites (N-methyl/N-ethyl adjacent to an activating group) is 3. The van der Waals surface area contributed by atoms with Crippen LogP contribution in [0.4, 0.5) is 4.79 Å². The summed E-state index contributed by atoms with van der Waals surface area (Å²) in [6, 6.07) is 6.77. The number of rotatable bonds is 21. The number of hydrogen-bond acceptors (Lipinski definition) is 10. The molecule has 340 valence electrons. The van der Waals surface area contributed by atoms with Crippen molar-refractivity contribution in [2.24, 2.45) is 23.7 Å². The number of carbonyl (C=O) groups excluding carboxylic acids is 5. The second-order valence-corrected chi connectivity index (χ2v) is 17.6. The maximum Gasteiger partial charge on any atom is 0.410 e. The molecule has 60 heavy (non-hydrogen) atoms. The Labute approximate surface area is 359 Å². The maximum absolute atomic E-state index is 14.3. The van der Waals surface area contributed by atoms with E-state index in [1.165, 1.54) is 0 Å². The fourth-order valence-corrected chi connectivity index (χ4v) is 8.75. The topological polar surface area (TPSA) is 162 Å². The number of benzene rings is 1. The summed E-state index contributed by atoms with van der Waals surface area (Å²) in [5.74, 6) is -1.76. The van der Waals surface area contributed by atoms with Crippen molar-refractivity contribution in [1.82, 2.24) is 35.6 Å². The minimum atomic E-state index is -0.774. The van der Waals surface area contributed by atoms with Crippen LogP contribution in [-0.2, 0) is 33.4 Å². The van der Waals surface area contributed by atoms with Crippen molar-refractivity contribution in [2.75, 3.05) is 68.1 Å². The van der Waals surface area contributed by atoms with Crippen LogP contribution in [0.5, 0.6) is 0 Å². The molecule has 0 bridgehead atoms. The maximum atomic E-state index is 14.3. The van der Waals surface area contributed by atoms with Gasteiger partial charge >= 0.3 is 6.09 Å². The lowest BCUT2D eigenvalue weighted by Crippen LogP contribution is -2.59. The van der Waals surface area contributed by atoms with Gasteiger partial charge in [0.1, 0.15) is 12.1 Å². The molecule has 1 aromatic carbocycles. The van der Waals surface area contributed by atoms with E-state index in [1.807, 2.05) is 85.8 Å². The van der Waals surface area contributed by atoms with Crippen LogP contribution in [0, 0.1) is 23.7 Å². The van der Waals surface area contributed by atoms with Gasteiger partial charge in [-0.1, -0.05) is 85.2 Å². The van der Waals surface area contributed by atoms with E-state index in [-0.39, 0.29) is 53.8 Å². The van der Waals surface area contributed by atoms with Crippen molar-refractivity contribution in [3.63, 3.8) is 0 Å². The Morgan fingerprint density at radius 3 is 1.98 bits per heavy atom. The van der Waals surface area contributed by atoms with Crippen LogP contribution in [0.1, 0.15) is 92.7 Å². The second kappa shape index (κ2) is 24.0. The molecule has 10 atom stereocenters. The molecule has 0 saturated carbocycles. The first-order valence-corrected chi connectivity index (χ1v) is 22.0. The van der Waals surface area contributed by atoms with Crippen LogP contribution in [0.3, 0.4) is 0 Å². The van der Waals surface area contributed by atoms with Crippen molar-refractivity contribution >= 4 is 29.7 Å². The minimum absolute atomic E-state index is 0.0129. The minimum Gasteiger partial charge on any atom is -0.439 e. The monoisotopic (exact) mass is 844 g/mol. The number of nitrogens with zero attached hydrogens (tertiary/aromatic N) is 4. The lowest BCUT2D eigenvalue weighted by molar-refractivity contribution is -0.148. The molecule has 2 aliphatic rings. The molecule has 3 N–H and O–H groups in total. The highest BCUT2D eigenvalue weighted by Gasteiger charge is 2.43. The fourth-order valence-electron chi connectivity index (χ4n) is 8.75. The Bertz CT molecular complexity index is 1520.